The zero-order valence-electron chi connectivity index (χ0n) is 10.00. The smallest absolute Gasteiger partial charge is 0.142 e. The van der Waals surface area contributed by atoms with Crippen LogP contribution in [0.5, 0.6) is 0 Å². The molecule has 0 amide bonds. The molecule has 0 aliphatic heterocycles. The van der Waals surface area contributed by atoms with Crippen molar-refractivity contribution < 1.29 is 8.83 Å². The Morgan fingerprint density at radius 2 is 2.18 bits per heavy atom. The van der Waals surface area contributed by atoms with Crippen LogP contribution in [-0.2, 0) is 0 Å². The molecule has 2 rings (SSSR count). The van der Waals surface area contributed by atoms with E-state index in [4.69, 9.17) is 8.83 Å². The van der Waals surface area contributed by atoms with E-state index in [0.717, 1.165) is 34.7 Å². The molecule has 0 saturated heterocycles. The normalized spacial score (nSPS) is 12.9. The highest BCUT2D eigenvalue weighted by Crippen LogP contribution is 2.30. The third-order valence-corrected chi connectivity index (χ3v) is 3.21. The van der Waals surface area contributed by atoms with Gasteiger partial charge in [-0.15, -0.1) is 0 Å². The van der Waals surface area contributed by atoms with Crippen molar-refractivity contribution in [3.05, 3.63) is 46.2 Å². The first-order valence-electron chi connectivity index (χ1n) is 5.75. The summed E-state index contributed by atoms with van der Waals surface area (Å²) in [6, 6.07) is 5.81. The van der Waals surface area contributed by atoms with Crippen LogP contribution in [0.25, 0.3) is 0 Å². The fraction of sp³-hybridized carbons (Fsp3) is 0.385. The van der Waals surface area contributed by atoms with E-state index in [1.807, 2.05) is 25.1 Å². The molecule has 17 heavy (non-hydrogen) atoms. The molecule has 3 nitrogen and oxygen atoms in total. The molecule has 1 N–H and O–H groups in total. The van der Waals surface area contributed by atoms with Crippen LogP contribution in [0.15, 0.2) is 37.8 Å². The highest BCUT2D eigenvalue weighted by Gasteiger charge is 2.22. The number of halogens is 1. The van der Waals surface area contributed by atoms with Crippen LogP contribution in [0.4, 0.5) is 0 Å². The summed E-state index contributed by atoms with van der Waals surface area (Å²) in [6.45, 7) is 4.99. The Balaban J connectivity index is 2.28. The van der Waals surface area contributed by atoms with Gasteiger partial charge in [-0.1, -0.05) is 6.92 Å². The van der Waals surface area contributed by atoms with Crippen molar-refractivity contribution in [1.82, 2.24) is 5.32 Å². The van der Waals surface area contributed by atoms with Crippen molar-refractivity contribution in [1.29, 1.82) is 0 Å². The molecule has 92 valence electrons. The predicted octanol–water partition coefficient (Wildman–Crippen LogP) is 4.03. The molecule has 2 aromatic rings. The van der Waals surface area contributed by atoms with Gasteiger partial charge in [0.1, 0.15) is 23.3 Å². The van der Waals surface area contributed by atoms with Gasteiger partial charge in [-0.2, -0.15) is 0 Å². The average molecular weight is 298 g/mol. The largest absolute Gasteiger partial charge is 0.466 e. The molecule has 0 fully saturated rings. The van der Waals surface area contributed by atoms with Gasteiger partial charge >= 0.3 is 0 Å². The van der Waals surface area contributed by atoms with E-state index >= 15 is 0 Å². The molecule has 0 aliphatic carbocycles. The summed E-state index contributed by atoms with van der Waals surface area (Å²) in [5.74, 6) is 2.64. The second-order valence-corrected chi connectivity index (χ2v) is 4.82. The van der Waals surface area contributed by atoms with Crippen LogP contribution in [0.2, 0.25) is 0 Å². The molecular formula is C13H16BrNO2. The fourth-order valence-corrected chi connectivity index (χ4v) is 2.16. The van der Waals surface area contributed by atoms with Crippen LogP contribution in [-0.4, -0.2) is 6.54 Å². The number of nitrogens with one attached hydrogen (secondary N) is 1. The summed E-state index contributed by atoms with van der Waals surface area (Å²) in [4.78, 5) is 0. The van der Waals surface area contributed by atoms with Gasteiger partial charge in [0.05, 0.1) is 10.7 Å². The molecule has 2 heterocycles. The molecule has 1 atom stereocenters. The number of rotatable bonds is 5. The highest BCUT2D eigenvalue weighted by atomic mass is 79.9. The summed E-state index contributed by atoms with van der Waals surface area (Å²) < 4.78 is 12.2. The Bertz CT molecular complexity index is 475. The Morgan fingerprint density at radius 3 is 2.71 bits per heavy atom. The lowest BCUT2D eigenvalue weighted by Gasteiger charge is -2.14. The van der Waals surface area contributed by atoms with Crippen LogP contribution in [0.3, 0.4) is 0 Å². The van der Waals surface area contributed by atoms with Crippen molar-refractivity contribution in [3.8, 4) is 0 Å². The minimum Gasteiger partial charge on any atom is -0.466 e. The van der Waals surface area contributed by atoms with Crippen LogP contribution in [0, 0.1) is 6.92 Å². The molecule has 4 heteroatoms. The van der Waals surface area contributed by atoms with Crippen molar-refractivity contribution in [2.45, 2.75) is 26.3 Å². The van der Waals surface area contributed by atoms with E-state index in [1.54, 1.807) is 6.26 Å². The fourth-order valence-electron chi connectivity index (χ4n) is 1.73. The SMILES string of the molecule is CCCNC(c1ccc(C)o1)c1occc1Br. The van der Waals surface area contributed by atoms with E-state index < -0.39 is 0 Å². The van der Waals surface area contributed by atoms with Crippen molar-refractivity contribution in [2.75, 3.05) is 6.54 Å². The number of aryl methyl sites for hydroxylation is 1. The summed E-state index contributed by atoms with van der Waals surface area (Å²) >= 11 is 3.49. The lowest BCUT2D eigenvalue weighted by Crippen LogP contribution is -2.22. The number of hydrogen-bond donors (Lipinski definition) is 1. The van der Waals surface area contributed by atoms with Gasteiger partial charge in [0.2, 0.25) is 0 Å². The van der Waals surface area contributed by atoms with Gasteiger partial charge in [0.25, 0.3) is 0 Å². The molecular weight excluding hydrogens is 282 g/mol. The standard InChI is InChI=1S/C13H16BrNO2/c1-3-7-15-12(11-5-4-9(2)17-11)13-10(14)6-8-16-13/h4-6,8,12,15H,3,7H2,1-2H3. The van der Waals surface area contributed by atoms with Crippen LogP contribution in [0.1, 0.15) is 36.7 Å². The molecule has 2 aromatic heterocycles. The van der Waals surface area contributed by atoms with E-state index in [1.165, 1.54) is 0 Å². The van der Waals surface area contributed by atoms with E-state index in [9.17, 15) is 0 Å². The summed E-state index contributed by atoms with van der Waals surface area (Å²) in [6.07, 6.45) is 2.74. The number of hydrogen-bond acceptors (Lipinski definition) is 3. The third kappa shape index (κ3) is 2.82. The molecule has 0 spiro atoms. The van der Waals surface area contributed by atoms with Gasteiger partial charge in [0, 0.05) is 0 Å². The lowest BCUT2D eigenvalue weighted by molar-refractivity contribution is 0.380. The molecule has 0 radical (unpaired) electrons. The minimum absolute atomic E-state index is 0.0342. The quantitative estimate of drug-likeness (QED) is 0.905. The van der Waals surface area contributed by atoms with E-state index in [-0.39, 0.29) is 6.04 Å². The van der Waals surface area contributed by atoms with Crippen LogP contribution >= 0.6 is 15.9 Å². The highest BCUT2D eigenvalue weighted by molar-refractivity contribution is 9.10. The summed E-state index contributed by atoms with van der Waals surface area (Å²) in [5, 5.41) is 3.42. The minimum atomic E-state index is -0.0342. The second-order valence-electron chi connectivity index (χ2n) is 3.97. The van der Waals surface area contributed by atoms with Gasteiger partial charge in [-0.25, -0.2) is 0 Å². The predicted molar refractivity (Wildman–Crippen MR) is 70.0 cm³/mol. The van der Waals surface area contributed by atoms with Crippen molar-refractivity contribution in [3.63, 3.8) is 0 Å². The zero-order chi connectivity index (χ0) is 12.3. The van der Waals surface area contributed by atoms with Gasteiger partial charge in [-0.3, -0.25) is 0 Å². The molecule has 1 unspecified atom stereocenters. The van der Waals surface area contributed by atoms with E-state index in [2.05, 4.69) is 28.2 Å². The maximum Gasteiger partial charge on any atom is 0.142 e. The Hall–Kier alpha value is -1.00. The first-order chi connectivity index (χ1) is 8.22. The summed E-state index contributed by atoms with van der Waals surface area (Å²) in [5.41, 5.74) is 0. The van der Waals surface area contributed by atoms with Gasteiger partial charge in [-0.05, 0) is 54.0 Å². The van der Waals surface area contributed by atoms with Gasteiger partial charge < -0.3 is 14.2 Å². The Kier molecular flexibility index (Phi) is 4.07. The number of furan rings is 2. The Morgan fingerprint density at radius 1 is 1.35 bits per heavy atom. The first-order valence-corrected chi connectivity index (χ1v) is 6.54. The Labute approximate surface area is 109 Å². The maximum absolute atomic E-state index is 5.68. The molecule has 0 bridgehead atoms. The van der Waals surface area contributed by atoms with E-state index in [0.29, 0.717) is 0 Å². The lowest BCUT2D eigenvalue weighted by atomic mass is 10.1. The summed E-state index contributed by atoms with van der Waals surface area (Å²) in [7, 11) is 0. The molecule has 0 aliphatic rings. The topological polar surface area (TPSA) is 38.3 Å². The third-order valence-electron chi connectivity index (χ3n) is 2.55. The van der Waals surface area contributed by atoms with Crippen molar-refractivity contribution >= 4 is 15.9 Å². The van der Waals surface area contributed by atoms with Crippen LogP contribution < -0.4 is 5.32 Å². The molecule has 0 aromatic carbocycles. The monoisotopic (exact) mass is 297 g/mol. The van der Waals surface area contributed by atoms with Gasteiger partial charge in [0.15, 0.2) is 0 Å². The molecule has 0 saturated carbocycles. The second kappa shape index (κ2) is 5.56. The zero-order valence-corrected chi connectivity index (χ0v) is 11.6. The maximum atomic E-state index is 5.68. The average Bonchev–Trinajstić information content (AvgIpc) is 2.90. The van der Waals surface area contributed by atoms with Crippen molar-refractivity contribution in [2.24, 2.45) is 0 Å². The first kappa shape index (κ1) is 12.5.